The van der Waals surface area contributed by atoms with E-state index in [1.165, 1.54) is 53.8 Å². The molecule has 0 N–H and O–H groups in total. The van der Waals surface area contributed by atoms with E-state index >= 15 is 0 Å². The molecule has 28 heavy (non-hydrogen) atoms. The second-order valence-electron chi connectivity index (χ2n) is 5.52. The van der Waals surface area contributed by atoms with E-state index < -0.39 is 11.9 Å². The molecular formula is C20H12Cl2O5S. The lowest BCUT2D eigenvalue weighted by molar-refractivity contribution is 0.0479. The van der Waals surface area contributed by atoms with E-state index in [4.69, 9.17) is 32.7 Å². The number of esters is 2. The Bertz CT molecular complexity index is 1010. The summed E-state index contributed by atoms with van der Waals surface area (Å²) in [6.45, 7) is -0.376. The zero-order valence-electron chi connectivity index (χ0n) is 14.2. The van der Waals surface area contributed by atoms with Crippen LogP contribution in [0.4, 0.5) is 0 Å². The van der Waals surface area contributed by atoms with Gasteiger partial charge in [0, 0.05) is 5.56 Å². The summed E-state index contributed by atoms with van der Waals surface area (Å²) in [6.07, 6.45) is 0. The monoisotopic (exact) mass is 434 g/mol. The number of thiophene rings is 1. The molecule has 0 fully saturated rings. The molecule has 3 aromatic rings. The summed E-state index contributed by atoms with van der Waals surface area (Å²) in [7, 11) is 0. The largest absolute Gasteiger partial charge is 0.453 e. The fourth-order valence-electron chi connectivity index (χ4n) is 2.18. The zero-order chi connectivity index (χ0) is 20.1. The quantitative estimate of drug-likeness (QED) is 0.298. The molecule has 5 nitrogen and oxygen atoms in total. The van der Waals surface area contributed by atoms with Crippen molar-refractivity contribution < 1.29 is 23.9 Å². The van der Waals surface area contributed by atoms with Crippen molar-refractivity contribution >= 4 is 52.3 Å². The lowest BCUT2D eigenvalue weighted by Gasteiger charge is -2.07. The number of carbonyl (C=O) groups excluding carboxylic acids is 3. The molecule has 0 unspecified atom stereocenters. The molecule has 2 aromatic carbocycles. The van der Waals surface area contributed by atoms with E-state index in [1.54, 1.807) is 17.5 Å². The summed E-state index contributed by atoms with van der Waals surface area (Å²) in [5.74, 6) is -1.27. The van der Waals surface area contributed by atoms with Gasteiger partial charge in [0.1, 0.15) is 10.6 Å². The minimum absolute atomic E-state index is 0.245. The fraction of sp³-hybridized carbons (Fsp3) is 0.0500. The van der Waals surface area contributed by atoms with Crippen molar-refractivity contribution in [1.82, 2.24) is 0 Å². The van der Waals surface area contributed by atoms with Crippen LogP contribution in [0.15, 0.2) is 60.0 Å². The predicted molar refractivity (Wildman–Crippen MR) is 107 cm³/mol. The average molecular weight is 435 g/mol. The third-order valence-electron chi connectivity index (χ3n) is 3.60. The van der Waals surface area contributed by atoms with E-state index in [-0.39, 0.29) is 28.7 Å². The van der Waals surface area contributed by atoms with Crippen molar-refractivity contribution in [1.29, 1.82) is 0 Å². The van der Waals surface area contributed by atoms with Gasteiger partial charge in [0.25, 0.3) is 0 Å². The molecule has 0 atom stereocenters. The summed E-state index contributed by atoms with van der Waals surface area (Å²) in [5.41, 5.74) is 0.573. The Morgan fingerprint density at radius 1 is 0.857 bits per heavy atom. The van der Waals surface area contributed by atoms with Crippen LogP contribution in [-0.2, 0) is 4.74 Å². The van der Waals surface area contributed by atoms with Gasteiger partial charge < -0.3 is 9.47 Å². The molecule has 142 valence electrons. The third kappa shape index (κ3) is 4.98. The maximum absolute atomic E-state index is 12.1. The molecule has 0 bridgehead atoms. The smallest absolute Gasteiger partial charge is 0.348 e. The van der Waals surface area contributed by atoms with Gasteiger partial charge >= 0.3 is 11.9 Å². The van der Waals surface area contributed by atoms with Crippen molar-refractivity contribution in [2.75, 3.05) is 6.61 Å². The molecular weight excluding hydrogens is 423 g/mol. The Morgan fingerprint density at radius 3 is 2.21 bits per heavy atom. The van der Waals surface area contributed by atoms with E-state index in [0.29, 0.717) is 15.5 Å². The van der Waals surface area contributed by atoms with Crippen LogP contribution in [0.2, 0.25) is 10.0 Å². The van der Waals surface area contributed by atoms with E-state index in [2.05, 4.69) is 0 Å². The molecule has 1 heterocycles. The Balaban J connectivity index is 1.58. The molecule has 0 aliphatic rings. The third-order valence-corrected chi connectivity index (χ3v) is 5.19. The molecule has 0 aliphatic carbocycles. The van der Waals surface area contributed by atoms with Crippen LogP contribution < -0.4 is 4.74 Å². The molecule has 0 saturated carbocycles. The first-order chi connectivity index (χ1) is 13.4. The highest BCUT2D eigenvalue weighted by Crippen LogP contribution is 2.23. The first kappa shape index (κ1) is 20.1. The minimum atomic E-state index is -0.609. The maximum atomic E-state index is 12.1. The van der Waals surface area contributed by atoms with Crippen molar-refractivity contribution in [3.05, 3.63) is 86.0 Å². The number of ether oxygens (including phenoxy) is 2. The van der Waals surface area contributed by atoms with Crippen LogP contribution >= 0.6 is 34.5 Å². The summed E-state index contributed by atoms with van der Waals surface area (Å²) in [5, 5.41) is 2.33. The number of ketones is 1. The van der Waals surface area contributed by atoms with E-state index in [9.17, 15) is 14.4 Å². The van der Waals surface area contributed by atoms with E-state index in [0.717, 1.165) is 0 Å². The molecule has 0 aliphatic heterocycles. The first-order valence-electron chi connectivity index (χ1n) is 7.95. The van der Waals surface area contributed by atoms with Gasteiger partial charge in [0.2, 0.25) is 0 Å². The van der Waals surface area contributed by atoms with Gasteiger partial charge in [-0.2, -0.15) is 0 Å². The van der Waals surface area contributed by atoms with Crippen LogP contribution in [0, 0.1) is 0 Å². The SMILES string of the molecule is O=C(COC(=O)c1cccs1)c1ccc(OC(=O)c2ccc(Cl)c(Cl)c2)cc1. The molecule has 3 rings (SSSR count). The topological polar surface area (TPSA) is 69.7 Å². The zero-order valence-corrected chi connectivity index (χ0v) is 16.5. The van der Waals surface area contributed by atoms with Crippen molar-refractivity contribution in [3.63, 3.8) is 0 Å². The highest BCUT2D eigenvalue weighted by Gasteiger charge is 2.14. The second kappa shape index (κ2) is 9.01. The van der Waals surface area contributed by atoms with E-state index in [1.807, 2.05) is 0 Å². The van der Waals surface area contributed by atoms with Gasteiger partial charge in [-0.05, 0) is 53.9 Å². The molecule has 0 saturated heterocycles. The molecule has 0 spiro atoms. The average Bonchev–Trinajstić information content (AvgIpc) is 3.23. The normalized spacial score (nSPS) is 10.4. The van der Waals surface area contributed by atoms with Crippen LogP contribution in [0.5, 0.6) is 5.75 Å². The highest BCUT2D eigenvalue weighted by atomic mass is 35.5. The number of Topliss-reactive ketones (excluding diaryl/α,β-unsaturated/α-hetero) is 1. The Kier molecular flexibility index (Phi) is 6.46. The molecule has 0 amide bonds. The van der Waals surface area contributed by atoms with Crippen molar-refractivity contribution in [2.45, 2.75) is 0 Å². The van der Waals surface area contributed by atoms with Gasteiger partial charge in [-0.3, -0.25) is 4.79 Å². The number of halogens is 2. The van der Waals surface area contributed by atoms with Gasteiger partial charge in [-0.25, -0.2) is 9.59 Å². The Labute approximate surface area is 174 Å². The Morgan fingerprint density at radius 2 is 1.57 bits per heavy atom. The summed E-state index contributed by atoms with van der Waals surface area (Å²) in [4.78, 5) is 36.5. The summed E-state index contributed by atoms with van der Waals surface area (Å²) < 4.78 is 10.2. The van der Waals surface area contributed by atoms with Crippen LogP contribution in [-0.4, -0.2) is 24.3 Å². The lowest BCUT2D eigenvalue weighted by atomic mass is 10.1. The number of benzene rings is 2. The number of hydrogen-bond donors (Lipinski definition) is 0. The predicted octanol–water partition coefficient (Wildman–Crippen LogP) is 5.31. The number of carbonyl (C=O) groups is 3. The lowest BCUT2D eigenvalue weighted by Crippen LogP contribution is -2.13. The molecule has 1 aromatic heterocycles. The van der Waals surface area contributed by atoms with Crippen molar-refractivity contribution in [3.8, 4) is 5.75 Å². The van der Waals surface area contributed by atoms with Gasteiger partial charge in [0.05, 0.1) is 15.6 Å². The highest BCUT2D eigenvalue weighted by molar-refractivity contribution is 7.11. The van der Waals surface area contributed by atoms with Crippen LogP contribution in [0.3, 0.4) is 0 Å². The van der Waals surface area contributed by atoms with Gasteiger partial charge in [-0.1, -0.05) is 29.3 Å². The number of rotatable bonds is 6. The standard InChI is InChI=1S/C20H12Cl2O5S/c21-15-8-5-13(10-16(15)22)19(24)27-14-6-3-12(4-7-14)17(23)11-26-20(25)18-2-1-9-28-18/h1-10H,11H2. The summed E-state index contributed by atoms with van der Waals surface area (Å²) in [6, 6.07) is 13.7. The summed E-state index contributed by atoms with van der Waals surface area (Å²) >= 11 is 12.9. The minimum Gasteiger partial charge on any atom is -0.453 e. The van der Waals surface area contributed by atoms with Gasteiger partial charge in [-0.15, -0.1) is 11.3 Å². The second-order valence-corrected chi connectivity index (χ2v) is 7.28. The maximum Gasteiger partial charge on any atom is 0.348 e. The van der Waals surface area contributed by atoms with Crippen LogP contribution in [0.25, 0.3) is 0 Å². The molecule has 0 radical (unpaired) electrons. The van der Waals surface area contributed by atoms with Crippen LogP contribution in [0.1, 0.15) is 30.4 Å². The fourth-order valence-corrected chi connectivity index (χ4v) is 3.09. The number of hydrogen-bond acceptors (Lipinski definition) is 6. The Hall–Kier alpha value is -2.67. The van der Waals surface area contributed by atoms with Gasteiger partial charge in [0.15, 0.2) is 12.4 Å². The molecule has 8 heteroatoms. The van der Waals surface area contributed by atoms with Crippen molar-refractivity contribution in [2.24, 2.45) is 0 Å². The first-order valence-corrected chi connectivity index (χ1v) is 9.59.